The summed E-state index contributed by atoms with van der Waals surface area (Å²) in [7, 11) is 0. The van der Waals surface area contributed by atoms with Crippen molar-refractivity contribution in [2.75, 3.05) is 0 Å². The molecule has 0 fully saturated rings. The lowest BCUT2D eigenvalue weighted by molar-refractivity contribution is 0.905. The van der Waals surface area contributed by atoms with Crippen molar-refractivity contribution in [2.45, 2.75) is 13.0 Å². The normalized spacial score (nSPS) is 11.5. The van der Waals surface area contributed by atoms with E-state index >= 15 is 0 Å². The summed E-state index contributed by atoms with van der Waals surface area (Å²) in [6.45, 7) is 0.510. The van der Waals surface area contributed by atoms with Crippen LogP contribution in [0.3, 0.4) is 0 Å². The summed E-state index contributed by atoms with van der Waals surface area (Å²) in [4.78, 5) is 11.5. The monoisotopic (exact) mass is 279 g/mol. The van der Waals surface area contributed by atoms with Gasteiger partial charge < -0.3 is 10.7 Å². The molecule has 3 aromatic heterocycles. The predicted molar refractivity (Wildman–Crippen MR) is 77.6 cm³/mol. The SMILES string of the molecule is NCc1ccccc1Cc1nnc2c3[nH]cnc3ncn12. The molecule has 104 valence electrons. The van der Waals surface area contributed by atoms with Crippen LogP contribution in [0, 0.1) is 0 Å². The van der Waals surface area contributed by atoms with Crippen LogP contribution in [0.4, 0.5) is 0 Å². The molecular formula is C14H13N7. The topological polar surface area (TPSA) is 97.8 Å². The van der Waals surface area contributed by atoms with E-state index in [9.17, 15) is 0 Å². The van der Waals surface area contributed by atoms with E-state index in [1.54, 1.807) is 12.7 Å². The van der Waals surface area contributed by atoms with Crippen LogP contribution in [0.5, 0.6) is 0 Å². The second kappa shape index (κ2) is 4.64. The van der Waals surface area contributed by atoms with Crippen LogP contribution in [0.1, 0.15) is 17.0 Å². The summed E-state index contributed by atoms with van der Waals surface area (Å²) in [6, 6.07) is 8.09. The molecule has 7 nitrogen and oxygen atoms in total. The maximum atomic E-state index is 5.78. The molecular weight excluding hydrogens is 266 g/mol. The molecule has 7 heteroatoms. The Morgan fingerprint density at radius 2 is 1.95 bits per heavy atom. The van der Waals surface area contributed by atoms with Gasteiger partial charge in [-0.25, -0.2) is 9.97 Å². The van der Waals surface area contributed by atoms with Gasteiger partial charge in [0.2, 0.25) is 0 Å². The number of benzene rings is 1. The second-order valence-electron chi connectivity index (χ2n) is 4.81. The molecule has 1 aromatic carbocycles. The van der Waals surface area contributed by atoms with Crippen LogP contribution in [0.15, 0.2) is 36.9 Å². The molecule has 21 heavy (non-hydrogen) atoms. The molecule has 4 rings (SSSR count). The highest BCUT2D eigenvalue weighted by atomic mass is 15.3. The summed E-state index contributed by atoms with van der Waals surface area (Å²) in [5, 5.41) is 8.52. The molecule has 0 saturated heterocycles. The lowest BCUT2D eigenvalue weighted by atomic mass is 10.0. The lowest BCUT2D eigenvalue weighted by Gasteiger charge is -2.06. The zero-order chi connectivity index (χ0) is 14.2. The first-order valence-electron chi connectivity index (χ1n) is 6.65. The first-order valence-corrected chi connectivity index (χ1v) is 6.65. The Hall–Kier alpha value is -2.80. The molecule has 0 radical (unpaired) electrons. The quantitative estimate of drug-likeness (QED) is 0.584. The van der Waals surface area contributed by atoms with Gasteiger partial charge in [0, 0.05) is 13.0 Å². The van der Waals surface area contributed by atoms with E-state index in [1.165, 1.54) is 0 Å². The van der Waals surface area contributed by atoms with Crippen molar-refractivity contribution < 1.29 is 0 Å². The van der Waals surface area contributed by atoms with Gasteiger partial charge in [-0.05, 0) is 11.1 Å². The summed E-state index contributed by atoms with van der Waals surface area (Å²) in [5.74, 6) is 0.829. The van der Waals surface area contributed by atoms with Crippen LogP contribution in [-0.2, 0) is 13.0 Å². The zero-order valence-electron chi connectivity index (χ0n) is 11.2. The molecule has 0 aliphatic rings. The third-order valence-electron chi connectivity index (χ3n) is 3.59. The highest BCUT2D eigenvalue weighted by Gasteiger charge is 2.12. The molecule has 0 saturated carbocycles. The first-order chi connectivity index (χ1) is 10.4. The third kappa shape index (κ3) is 1.86. The second-order valence-corrected chi connectivity index (χ2v) is 4.81. The van der Waals surface area contributed by atoms with Crippen molar-refractivity contribution >= 4 is 16.8 Å². The minimum atomic E-state index is 0.510. The average molecular weight is 279 g/mol. The predicted octanol–water partition coefficient (Wildman–Crippen LogP) is 1.05. The minimum Gasteiger partial charge on any atom is -0.340 e. The van der Waals surface area contributed by atoms with Gasteiger partial charge in [0.25, 0.3) is 0 Å². The molecule has 4 aromatic rings. The maximum Gasteiger partial charge on any atom is 0.189 e. The van der Waals surface area contributed by atoms with Crippen molar-refractivity contribution in [2.24, 2.45) is 5.73 Å². The molecule has 0 bridgehead atoms. The number of rotatable bonds is 3. The summed E-state index contributed by atoms with van der Waals surface area (Å²) in [6.07, 6.45) is 3.98. The number of fused-ring (bicyclic) bond motifs is 3. The van der Waals surface area contributed by atoms with Crippen molar-refractivity contribution in [3.8, 4) is 0 Å². The Morgan fingerprint density at radius 1 is 1.10 bits per heavy atom. The first kappa shape index (κ1) is 12.0. The minimum absolute atomic E-state index is 0.510. The number of H-pyrrole nitrogens is 1. The van der Waals surface area contributed by atoms with Crippen LogP contribution in [-0.4, -0.2) is 29.5 Å². The van der Waals surface area contributed by atoms with E-state index in [0.29, 0.717) is 18.6 Å². The van der Waals surface area contributed by atoms with E-state index in [-0.39, 0.29) is 0 Å². The van der Waals surface area contributed by atoms with Gasteiger partial charge in [-0.1, -0.05) is 24.3 Å². The van der Waals surface area contributed by atoms with E-state index in [4.69, 9.17) is 5.73 Å². The van der Waals surface area contributed by atoms with Gasteiger partial charge in [-0.3, -0.25) is 4.40 Å². The van der Waals surface area contributed by atoms with Gasteiger partial charge in [-0.15, -0.1) is 10.2 Å². The van der Waals surface area contributed by atoms with Crippen molar-refractivity contribution in [1.29, 1.82) is 0 Å². The summed E-state index contributed by atoms with van der Waals surface area (Å²) < 4.78 is 1.88. The Balaban J connectivity index is 1.83. The molecule has 0 amide bonds. The van der Waals surface area contributed by atoms with Crippen LogP contribution < -0.4 is 5.73 Å². The standard InChI is InChI=1S/C14H13N7/c15-6-10-4-2-1-3-9(10)5-11-19-20-14-12-13(17-7-16-12)18-8-21(11)14/h1-4,7-8H,5-6,15H2,(H,16,17). The van der Waals surface area contributed by atoms with E-state index in [1.807, 2.05) is 22.6 Å². The number of hydrogen-bond donors (Lipinski definition) is 2. The highest BCUT2D eigenvalue weighted by Crippen LogP contribution is 2.17. The number of hydrogen-bond acceptors (Lipinski definition) is 5. The number of nitrogens with zero attached hydrogens (tertiary/aromatic N) is 5. The zero-order valence-corrected chi connectivity index (χ0v) is 11.2. The molecule has 0 aliphatic heterocycles. The smallest absolute Gasteiger partial charge is 0.189 e. The number of aromatic amines is 1. The largest absolute Gasteiger partial charge is 0.340 e. The molecule has 0 spiro atoms. The summed E-state index contributed by atoms with van der Waals surface area (Å²) >= 11 is 0. The third-order valence-corrected chi connectivity index (χ3v) is 3.59. The molecule has 3 N–H and O–H groups in total. The Bertz CT molecular complexity index is 921. The Labute approximate surface area is 119 Å². The number of aromatic nitrogens is 6. The number of nitrogens with one attached hydrogen (secondary N) is 1. The van der Waals surface area contributed by atoms with Crippen molar-refractivity contribution in [3.05, 3.63) is 53.9 Å². The highest BCUT2D eigenvalue weighted by molar-refractivity contribution is 5.84. The van der Waals surface area contributed by atoms with E-state index < -0.39 is 0 Å². The fourth-order valence-corrected chi connectivity index (χ4v) is 2.50. The molecule has 0 atom stereocenters. The fraction of sp³-hybridized carbons (Fsp3) is 0.143. The number of imidazole rings is 1. The van der Waals surface area contributed by atoms with Crippen molar-refractivity contribution in [1.82, 2.24) is 29.5 Å². The van der Waals surface area contributed by atoms with Gasteiger partial charge in [0.15, 0.2) is 11.3 Å². The lowest BCUT2D eigenvalue weighted by Crippen LogP contribution is -2.04. The van der Waals surface area contributed by atoms with Crippen LogP contribution in [0.2, 0.25) is 0 Å². The Morgan fingerprint density at radius 3 is 2.81 bits per heavy atom. The van der Waals surface area contributed by atoms with Gasteiger partial charge in [0.1, 0.15) is 17.7 Å². The molecule has 3 heterocycles. The summed E-state index contributed by atoms with van der Waals surface area (Å²) in [5.41, 5.74) is 10.2. The van der Waals surface area contributed by atoms with Gasteiger partial charge >= 0.3 is 0 Å². The van der Waals surface area contributed by atoms with E-state index in [0.717, 1.165) is 28.1 Å². The van der Waals surface area contributed by atoms with Gasteiger partial charge in [-0.2, -0.15) is 0 Å². The van der Waals surface area contributed by atoms with Crippen LogP contribution >= 0.6 is 0 Å². The maximum absolute atomic E-state index is 5.78. The fourth-order valence-electron chi connectivity index (χ4n) is 2.50. The van der Waals surface area contributed by atoms with Crippen molar-refractivity contribution in [3.63, 3.8) is 0 Å². The molecule has 0 unspecified atom stereocenters. The average Bonchev–Trinajstić information content (AvgIpc) is 3.14. The van der Waals surface area contributed by atoms with Gasteiger partial charge in [0.05, 0.1) is 6.33 Å². The van der Waals surface area contributed by atoms with E-state index in [2.05, 4.69) is 31.2 Å². The molecule has 0 aliphatic carbocycles. The number of nitrogens with two attached hydrogens (primary N) is 1. The Kier molecular flexibility index (Phi) is 2.65. The van der Waals surface area contributed by atoms with Crippen LogP contribution in [0.25, 0.3) is 16.8 Å².